The van der Waals surface area contributed by atoms with Crippen LogP contribution >= 0.6 is 24.0 Å². The summed E-state index contributed by atoms with van der Waals surface area (Å²) in [7, 11) is -3.48. The number of halogens is 1. The number of hydrogen-bond acceptors (Lipinski definition) is 4. The first-order chi connectivity index (χ1) is 11.0. The van der Waals surface area contributed by atoms with E-state index in [1.807, 2.05) is 13.0 Å². The molecule has 1 aliphatic heterocycles. The quantitative estimate of drug-likeness (QED) is 0.309. The lowest BCUT2D eigenvalue weighted by atomic mass is 10.1. The molecule has 0 atom stereocenters. The molecular weight excluding hydrogens is 443 g/mol. The zero-order valence-corrected chi connectivity index (χ0v) is 16.9. The zero-order chi connectivity index (χ0) is 16.7. The van der Waals surface area contributed by atoms with E-state index in [0.717, 1.165) is 25.2 Å². The molecule has 0 fully saturated rings. The summed E-state index contributed by atoms with van der Waals surface area (Å²) in [6.45, 7) is 4.28. The van der Waals surface area contributed by atoms with Gasteiger partial charge >= 0.3 is 0 Å². The van der Waals surface area contributed by atoms with Gasteiger partial charge in [0.2, 0.25) is 10.0 Å². The highest BCUT2D eigenvalue weighted by Crippen LogP contribution is 2.25. The van der Waals surface area contributed by atoms with Crippen molar-refractivity contribution in [1.29, 1.82) is 0 Å². The van der Waals surface area contributed by atoms with Gasteiger partial charge in [-0.25, -0.2) is 13.6 Å². The summed E-state index contributed by atoms with van der Waals surface area (Å²) in [6, 6.07) is 6.26. The lowest BCUT2D eigenvalue weighted by Gasteiger charge is -2.11. The molecular formula is C15H25IN4O3S. The van der Waals surface area contributed by atoms with Crippen LogP contribution in [0.4, 0.5) is 0 Å². The summed E-state index contributed by atoms with van der Waals surface area (Å²) in [5.74, 6) is 1.43. The normalized spacial score (nSPS) is 13.7. The maximum absolute atomic E-state index is 10.9. The molecule has 0 aliphatic carbocycles. The van der Waals surface area contributed by atoms with Gasteiger partial charge in [0.25, 0.3) is 0 Å². The number of primary sulfonamides is 1. The molecule has 0 amide bonds. The van der Waals surface area contributed by atoms with Crippen LogP contribution in [0.5, 0.6) is 5.75 Å². The first kappa shape index (κ1) is 21.0. The van der Waals surface area contributed by atoms with Crippen LogP contribution in [-0.2, 0) is 22.9 Å². The molecule has 0 saturated carbocycles. The highest BCUT2D eigenvalue weighted by molar-refractivity contribution is 14.0. The summed E-state index contributed by atoms with van der Waals surface area (Å²) in [6.07, 6.45) is 1.82. The van der Waals surface area contributed by atoms with Gasteiger partial charge in [-0.2, -0.15) is 0 Å². The summed E-state index contributed by atoms with van der Waals surface area (Å²) in [4.78, 5) is 4.20. The van der Waals surface area contributed by atoms with Gasteiger partial charge in [-0.15, -0.1) is 24.0 Å². The van der Waals surface area contributed by atoms with Gasteiger partial charge in [-0.1, -0.05) is 12.1 Å². The lowest BCUT2D eigenvalue weighted by molar-refractivity contribution is 0.357. The number of guanidine groups is 1. The van der Waals surface area contributed by atoms with E-state index in [1.165, 1.54) is 11.1 Å². The predicted octanol–water partition coefficient (Wildman–Crippen LogP) is 0.626. The summed E-state index contributed by atoms with van der Waals surface area (Å²) < 4.78 is 27.3. The first-order valence-electron chi connectivity index (χ1n) is 7.75. The van der Waals surface area contributed by atoms with Crippen LogP contribution in [0, 0.1) is 0 Å². The second kappa shape index (κ2) is 10.0. The molecule has 1 aromatic rings. The molecule has 0 unspecified atom stereocenters. The molecule has 2 rings (SSSR count). The Morgan fingerprint density at radius 3 is 2.88 bits per heavy atom. The molecule has 1 heterocycles. The molecule has 24 heavy (non-hydrogen) atoms. The number of rotatable bonds is 7. The Morgan fingerprint density at radius 2 is 2.17 bits per heavy atom. The number of nitrogens with zero attached hydrogens (tertiary/aromatic N) is 1. The van der Waals surface area contributed by atoms with Crippen molar-refractivity contribution in [3.8, 4) is 5.75 Å². The van der Waals surface area contributed by atoms with Crippen molar-refractivity contribution in [2.75, 3.05) is 32.0 Å². The maximum atomic E-state index is 10.9. The number of benzene rings is 1. The molecule has 4 N–H and O–H groups in total. The number of sulfonamides is 1. The Labute approximate surface area is 160 Å². The summed E-state index contributed by atoms with van der Waals surface area (Å²) in [5, 5.41) is 11.2. The molecule has 1 aromatic carbocycles. The molecule has 7 nitrogen and oxygen atoms in total. The fourth-order valence-electron chi connectivity index (χ4n) is 2.35. The second-order valence-corrected chi connectivity index (χ2v) is 7.08. The van der Waals surface area contributed by atoms with Crippen LogP contribution in [0.1, 0.15) is 18.1 Å². The average Bonchev–Trinajstić information content (AvgIpc) is 2.93. The van der Waals surface area contributed by atoms with E-state index in [-0.39, 0.29) is 36.3 Å². The topological polar surface area (TPSA) is 106 Å². The van der Waals surface area contributed by atoms with Crippen LogP contribution in [0.25, 0.3) is 0 Å². The minimum Gasteiger partial charge on any atom is -0.493 e. The largest absolute Gasteiger partial charge is 0.493 e. The molecule has 0 aromatic heterocycles. The van der Waals surface area contributed by atoms with Gasteiger partial charge in [-0.3, -0.25) is 4.99 Å². The minimum atomic E-state index is -3.48. The number of nitrogens with two attached hydrogens (primary N) is 1. The van der Waals surface area contributed by atoms with E-state index in [2.05, 4.69) is 27.8 Å². The van der Waals surface area contributed by atoms with E-state index in [0.29, 0.717) is 19.0 Å². The second-order valence-electron chi connectivity index (χ2n) is 5.34. The molecule has 1 aliphatic rings. The van der Waals surface area contributed by atoms with Crippen molar-refractivity contribution in [2.24, 2.45) is 10.1 Å². The zero-order valence-electron chi connectivity index (χ0n) is 13.7. The van der Waals surface area contributed by atoms with Crippen LogP contribution in [-0.4, -0.2) is 46.4 Å². The Kier molecular flexibility index (Phi) is 8.78. The monoisotopic (exact) mass is 468 g/mol. The standard InChI is InChI=1S/C15H24N4O3S.HI/c1-2-17-15(19-8-10-23(16,20)21)18-7-5-12-3-4-14-13(11-12)6-9-22-14;/h3-4,11H,2,5-10H2,1H3,(H2,16,20,21)(H2,17,18,19);1H. The molecule has 9 heteroatoms. The van der Waals surface area contributed by atoms with Crippen molar-refractivity contribution in [1.82, 2.24) is 10.6 Å². The van der Waals surface area contributed by atoms with Gasteiger partial charge < -0.3 is 15.4 Å². The summed E-state index contributed by atoms with van der Waals surface area (Å²) in [5.41, 5.74) is 2.50. The highest BCUT2D eigenvalue weighted by Gasteiger charge is 2.11. The fraction of sp³-hybridized carbons (Fsp3) is 0.533. The first-order valence-corrected chi connectivity index (χ1v) is 9.47. The van der Waals surface area contributed by atoms with E-state index >= 15 is 0 Å². The number of nitrogens with one attached hydrogen (secondary N) is 2. The molecule has 0 saturated heterocycles. The lowest BCUT2D eigenvalue weighted by Crippen LogP contribution is -2.38. The van der Waals surface area contributed by atoms with Crippen LogP contribution in [0.3, 0.4) is 0 Å². The molecule has 0 bridgehead atoms. The van der Waals surface area contributed by atoms with Crippen molar-refractivity contribution >= 4 is 40.0 Å². The molecule has 0 spiro atoms. The third kappa shape index (κ3) is 7.22. The van der Waals surface area contributed by atoms with Gasteiger partial charge in [0, 0.05) is 19.5 Å². The average molecular weight is 468 g/mol. The summed E-state index contributed by atoms with van der Waals surface area (Å²) >= 11 is 0. The number of ether oxygens (including phenoxy) is 1. The Morgan fingerprint density at radius 1 is 1.38 bits per heavy atom. The van der Waals surface area contributed by atoms with Gasteiger partial charge in [0.1, 0.15) is 5.75 Å². The van der Waals surface area contributed by atoms with E-state index in [9.17, 15) is 8.42 Å². The van der Waals surface area contributed by atoms with Crippen LogP contribution in [0.2, 0.25) is 0 Å². The maximum Gasteiger partial charge on any atom is 0.210 e. The Balaban J connectivity index is 0.00000288. The number of hydrogen-bond donors (Lipinski definition) is 3. The SMILES string of the molecule is CCNC(=NCCS(N)(=O)=O)NCCc1ccc2c(c1)CCO2.I. The number of aliphatic imine (C=N–C) groups is 1. The Hall–Kier alpha value is -1.07. The number of fused-ring (bicyclic) bond motifs is 1. The minimum absolute atomic E-state index is 0. The highest BCUT2D eigenvalue weighted by atomic mass is 127. The van der Waals surface area contributed by atoms with E-state index in [1.54, 1.807) is 0 Å². The Bertz CT molecular complexity index is 665. The van der Waals surface area contributed by atoms with Crippen LogP contribution in [0.15, 0.2) is 23.2 Å². The third-order valence-electron chi connectivity index (χ3n) is 3.45. The molecule has 0 radical (unpaired) electrons. The van der Waals surface area contributed by atoms with Crippen molar-refractivity contribution in [3.63, 3.8) is 0 Å². The fourth-order valence-corrected chi connectivity index (χ4v) is 2.69. The van der Waals surface area contributed by atoms with Crippen molar-refractivity contribution in [2.45, 2.75) is 19.8 Å². The van der Waals surface area contributed by atoms with Gasteiger partial charge in [0.15, 0.2) is 5.96 Å². The predicted molar refractivity (Wildman–Crippen MR) is 107 cm³/mol. The van der Waals surface area contributed by atoms with Gasteiger partial charge in [-0.05, 0) is 30.5 Å². The third-order valence-corrected chi connectivity index (χ3v) is 4.20. The van der Waals surface area contributed by atoms with Crippen molar-refractivity contribution in [3.05, 3.63) is 29.3 Å². The van der Waals surface area contributed by atoms with Gasteiger partial charge in [0.05, 0.1) is 18.9 Å². The van der Waals surface area contributed by atoms with Crippen molar-refractivity contribution < 1.29 is 13.2 Å². The van der Waals surface area contributed by atoms with Crippen LogP contribution < -0.4 is 20.5 Å². The smallest absolute Gasteiger partial charge is 0.210 e. The molecule has 136 valence electrons. The van der Waals surface area contributed by atoms with E-state index < -0.39 is 10.0 Å². The van der Waals surface area contributed by atoms with E-state index in [4.69, 9.17) is 9.88 Å².